The first-order valence-corrected chi connectivity index (χ1v) is 8.02. The highest BCUT2D eigenvalue weighted by Gasteiger charge is 2.09. The summed E-state index contributed by atoms with van der Waals surface area (Å²) in [5, 5.41) is 15.0. The third-order valence-corrected chi connectivity index (χ3v) is 3.81. The molecule has 26 heavy (non-hydrogen) atoms. The van der Waals surface area contributed by atoms with Gasteiger partial charge in [-0.3, -0.25) is 4.79 Å². The van der Waals surface area contributed by atoms with Crippen molar-refractivity contribution in [3.8, 4) is 0 Å². The molecule has 0 bridgehead atoms. The van der Waals surface area contributed by atoms with E-state index >= 15 is 0 Å². The zero-order valence-corrected chi connectivity index (χ0v) is 14.5. The first-order valence-electron chi connectivity index (χ1n) is 8.02. The van der Waals surface area contributed by atoms with Crippen LogP contribution in [-0.2, 0) is 4.79 Å². The molecule has 0 spiro atoms. The molecule has 3 N–H and O–H groups in total. The number of nitrogens with one attached hydrogen (secondary N) is 1. The minimum absolute atomic E-state index is 0.296. The predicted molar refractivity (Wildman–Crippen MR) is 102 cm³/mol. The van der Waals surface area contributed by atoms with Crippen molar-refractivity contribution in [2.24, 2.45) is 21.2 Å². The lowest BCUT2D eigenvalue weighted by atomic mass is 10.1. The number of carbonyl (C=O) groups excluding carboxylic acids is 1. The minimum atomic E-state index is -0.590. The molecule has 0 saturated carbocycles. The van der Waals surface area contributed by atoms with Gasteiger partial charge in [-0.2, -0.15) is 0 Å². The molecule has 1 amide bonds. The third kappa shape index (κ3) is 3.89. The van der Waals surface area contributed by atoms with Crippen LogP contribution in [0.4, 0.5) is 11.5 Å². The summed E-state index contributed by atoms with van der Waals surface area (Å²) in [4.78, 5) is 16.5. The maximum absolute atomic E-state index is 12.1. The van der Waals surface area contributed by atoms with Gasteiger partial charge in [0.25, 0.3) is 5.91 Å². The van der Waals surface area contributed by atoms with Crippen LogP contribution < -0.4 is 11.1 Å². The van der Waals surface area contributed by atoms with Crippen molar-refractivity contribution in [1.82, 2.24) is 4.98 Å². The quantitative estimate of drug-likeness (QED) is 0.326. The van der Waals surface area contributed by atoms with Gasteiger partial charge in [0.05, 0.1) is 11.2 Å². The number of pyridine rings is 1. The first-order chi connectivity index (χ1) is 12.5. The van der Waals surface area contributed by atoms with Crippen molar-refractivity contribution in [1.29, 1.82) is 0 Å². The maximum atomic E-state index is 12.1. The smallest absolute Gasteiger partial charge is 0.293 e. The van der Waals surface area contributed by atoms with Crippen molar-refractivity contribution in [2.45, 2.75) is 13.8 Å². The molecule has 0 aliphatic rings. The van der Waals surface area contributed by atoms with Crippen LogP contribution in [0.2, 0.25) is 0 Å². The number of para-hydroxylation sites is 1. The van der Waals surface area contributed by atoms with Gasteiger partial charge in [-0.1, -0.05) is 36.4 Å². The Kier molecular flexibility index (Phi) is 4.98. The van der Waals surface area contributed by atoms with Gasteiger partial charge in [-0.25, -0.2) is 4.98 Å². The molecule has 0 atom stereocenters. The number of carbonyl (C=O) groups is 1. The van der Waals surface area contributed by atoms with E-state index in [-0.39, 0.29) is 5.84 Å². The molecule has 0 saturated heterocycles. The van der Waals surface area contributed by atoms with Crippen molar-refractivity contribution in [3.05, 3.63) is 65.7 Å². The summed E-state index contributed by atoms with van der Waals surface area (Å²) in [7, 11) is 0. The molecule has 7 nitrogen and oxygen atoms in total. The monoisotopic (exact) mass is 346 g/mol. The number of aromatic nitrogens is 1. The molecule has 0 aliphatic heterocycles. The Balaban J connectivity index is 1.72. The molecule has 3 rings (SSSR count). The van der Waals surface area contributed by atoms with Gasteiger partial charge >= 0.3 is 0 Å². The number of hydrogen-bond donors (Lipinski definition) is 2. The van der Waals surface area contributed by atoms with Gasteiger partial charge in [0.15, 0.2) is 0 Å². The number of rotatable bonds is 3. The van der Waals surface area contributed by atoms with Crippen LogP contribution in [0.15, 0.2) is 70.0 Å². The van der Waals surface area contributed by atoms with Crippen LogP contribution in [0, 0.1) is 13.8 Å². The summed E-state index contributed by atoms with van der Waals surface area (Å²) in [6.07, 6.45) is 0. The first kappa shape index (κ1) is 17.2. The number of amidine groups is 1. The lowest BCUT2D eigenvalue weighted by molar-refractivity contribution is -0.110. The molecule has 0 unspecified atom stereocenters. The largest absolute Gasteiger partial charge is 0.378 e. The number of nitrogens with two attached hydrogens (primary N) is 1. The number of amides is 1. The number of aryl methyl sites for hydroxylation is 2. The minimum Gasteiger partial charge on any atom is -0.378 e. The Bertz CT molecular complexity index is 1010. The van der Waals surface area contributed by atoms with E-state index in [0.29, 0.717) is 11.5 Å². The van der Waals surface area contributed by atoms with Crippen LogP contribution in [0.25, 0.3) is 10.9 Å². The molecule has 2 aromatic carbocycles. The van der Waals surface area contributed by atoms with Crippen LogP contribution in [0.3, 0.4) is 0 Å². The molecule has 0 radical (unpaired) electrons. The summed E-state index contributed by atoms with van der Waals surface area (Å²) in [6.45, 7) is 3.85. The van der Waals surface area contributed by atoms with Crippen molar-refractivity contribution in [2.75, 3.05) is 5.32 Å². The Morgan fingerprint density at radius 3 is 2.50 bits per heavy atom. The average molecular weight is 346 g/mol. The van der Waals surface area contributed by atoms with Gasteiger partial charge in [0, 0.05) is 5.39 Å². The number of fused-ring (bicyclic) bond motifs is 1. The number of benzene rings is 2. The molecule has 7 heteroatoms. The highest BCUT2D eigenvalue weighted by molar-refractivity contribution is 6.41. The van der Waals surface area contributed by atoms with Crippen LogP contribution in [0.1, 0.15) is 11.1 Å². The van der Waals surface area contributed by atoms with Crippen LogP contribution in [0.5, 0.6) is 0 Å². The van der Waals surface area contributed by atoms with E-state index < -0.39 is 5.91 Å². The fraction of sp³-hybridized carbons (Fsp3) is 0.105. The van der Waals surface area contributed by atoms with E-state index in [0.717, 1.165) is 22.0 Å². The van der Waals surface area contributed by atoms with E-state index in [1.54, 1.807) is 6.07 Å². The lowest BCUT2D eigenvalue weighted by Crippen LogP contribution is -2.30. The average Bonchev–Trinajstić information content (AvgIpc) is 2.64. The topological polar surface area (TPSA) is 105 Å². The van der Waals surface area contributed by atoms with Crippen molar-refractivity contribution >= 4 is 34.2 Å². The number of anilines is 1. The van der Waals surface area contributed by atoms with Crippen LogP contribution in [-0.4, -0.2) is 16.7 Å². The van der Waals surface area contributed by atoms with Gasteiger partial charge in [0.2, 0.25) is 5.84 Å². The SMILES string of the molecule is Cc1cccc(C)c1N=N/N=C(\N)C(=O)Nc1ccc2ccccc2n1. The Morgan fingerprint density at radius 2 is 1.73 bits per heavy atom. The second-order valence-corrected chi connectivity index (χ2v) is 5.76. The van der Waals surface area contributed by atoms with Gasteiger partial charge in [0.1, 0.15) is 5.82 Å². The summed E-state index contributed by atoms with van der Waals surface area (Å²) in [5.41, 5.74) is 9.09. The molecule has 0 aliphatic carbocycles. The van der Waals surface area contributed by atoms with E-state index in [9.17, 15) is 4.79 Å². The molecule has 3 aromatic rings. The standard InChI is InChI=1S/C19H18N6O/c1-12-6-5-7-13(2)17(12)23-25-24-18(20)19(26)22-16-11-10-14-8-3-4-9-15(14)21-16/h3-11H,1-2H3,(H2,20,23,24)(H,21,22,26). The van der Waals surface area contributed by atoms with E-state index in [1.165, 1.54) is 0 Å². The molecular formula is C19H18N6O. The summed E-state index contributed by atoms with van der Waals surface area (Å²) in [5.74, 6) is -0.498. The molecule has 0 fully saturated rings. The van der Waals surface area contributed by atoms with E-state index in [2.05, 4.69) is 25.7 Å². The Labute approximate surface area is 150 Å². The van der Waals surface area contributed by atoms with Crippen molar-refractivity contribution in [3.63, 3.8) is 0 Å². The van der Waals surface area contributed by atoms with Gasteiger partial charge in [-0.15, -0.1) is 10.2 Å². The second-order valence-electron chi connectivity index (χ2n) is 5.76. The zero-order valence-electron chi connectivity index (χ0n) is 14.5. The highest BCUT2D eigenvalue weighted by Crippen LogP contribution is 2.23. The van der Waals surface area contributed by atoms with Gasteiger partial charge in [-0.05, 0) is 48.4 Å². The molecule has 1 heterocycles. The van der Waals surface area contributed by atoms with Gasteiger partial charge < -0.3 is 11.1 Å². The molecule has 130 valence electrons. The lowest BCUT2D eigenvalue weighted by Gasteiger charge is -2.04. The molecule has 1 aromatic heterocycles. The van der Waals surface area contributed by atoms with Crippen molar-refractivity contribution < 1.29 is 4.79 Å². The fourth-order valence-electron chi connectivity index (χ4n) is 2.44. The summed E-state index contributed by atoms with van der Waals surface area (Å²) < 4.78 is 0. The molecular weight excluding hydrogens is 328 g/mol. The Morgan fingerprint density at radius 1 is 1.00 bits per heavy atom. The van der Waals surface area contributed by atoms with E-state index in [1.807, 2.05) is 62.4 Å². The number of hydrogen-bond acceptors (Lipinski definition) is 4. The third-order valence-electron chi connectivity index (χ3n) is 3.81. The second kappa shape index (κ2) is 7.52. The Hall–Kier alpha value is -3.61. The normalized spacial score (nSPS) is 11.8. The van der Waals surface area contributed by atoms with E-state index in [4.69, 9.17) is 5.73 Å². The number of nitrogens with zero attached hydrogens (tertiary/aromatic N) is 4. The zero-order chi connectivity index (χ0) is 18.5. The summed E-state index contributed by atoms with van der Waals surface area (Å²) >= 11 is 0. The summed E-state index contributed by atoms with van der Waals surface area (Å²) in [6, 6.07) is 17.0. The predicted octanol–water partition coefficient (Wildman–Crippen LogP) is 3.85. The fourth-order valence-corrected chi connectivity index (χ4v) is 2.44. The maximum Gasteiger partial charge on any atom is 0.293 e. The van der Waals surface area contributed by atoms with Crippen LogP contribution >= 0.6 is 0 Å². The highest BCUT2D eigenvalue weighted by atomic mass is 16.2.